The van der Waals surface area contributed by atoms with Crippen LogP contribution in [0.5, 0.6) is 0 Å². The molecule has 3 rings (SSSR count). The molecule has 0 bridgehead atoms. The molecule has 0 aliphatic carbocycles. The number of H-pyrrole nitrogens is 1. The second-order valence-corrected chi connectivity index (χ2v) is 7.94. The van der Waals surface area contributed by atoms with Crippen LogP contribution >= 0.6 is 0 Å². The van der Waals surface area contributed by atoms with E-state index >= 15 is 0 Å². The van der Waals surface area contributed by atoms with Crippen molar-refractivity contribution in [3.8, 4) is 11.4 Å². The number of nitrogens with zero attached hydrogens (tertiary/aromatic N) is 2. The number of carbonyl (C=O) groups excluding carboxylic acids is 2. The lowest BCUT2D eigenvalue weighted by atomic mass is 10.1. The van der Waals surface area contributed by atoms with Gasteiger partial charge in [-0.15, -0.1) is 0 Å². The molecule has 0 aliphatic rings. The summed E-state index contributed by atoms with van der Waals surface area (Å²) in [4.78, 5) is 47.8. The SMILES string of the molecule is Cc1nc(-c2ccncc2)[nH]c(=O)c1CCC(=O)NCc1ccc(NC(=O)NC(C)C)cc1. The highest BCUT2D eigenvalue weighted by atomic mass is 16.2. The number of aromatic amines is 1. The van der Waals surface area contributed by atoms with Crippen molar-refractivity contribution in [1.29, 1.82) is 0 Å². The van der Waals surface area contributed by atoms with E-state index in [0.29, 0.717) is 35.7 Å². The van der Waals surface area contributed by atoms with Gasteiger partial charge in [0.25, 0.3) is 5.56 Å². The maximum absolute atomic E-state index is 12.5. The summed E-state index contributed by atoms with van der Waals surface area (Å²) in [6, 6.07) is 10.6. The first-order chi connectivity index (χ1) is 15.8. The van der Waals surface area contributed by atoms with Crippen LogP contribution < -0.4 is 21.5 Å². The Morgan fingerprint density at radius 2 is 1.76 bits per heavy atom. The average molecular weight is 449 g/mol. The van der Waals surface area contributed by atoms with Gasteiger partial charge in [0.15, 0.2) is 0 Å². The molecule has 4 N–H and O–H groups in total. The Balaban J connectivity index is 1.51. The summed E-state index contributed by atoms with van der Waals surface area (Å²) in [5.41, 5.74) is 3.19. The van der Waals surface area contributed by atoms with Crippen LogP contribution in [0.25, 0.3) is 11.4 Å². The fourth-order valence-electron chi connectivity index (χ4n) is 3.21. The predicted molar refractivity (Wildman–Crippen MR) is 127 cm³/mol. The van der Waals surface area contributed by atoms with Gasteiger partial charge in [-0.3, -0.25) is 14.6 Å². The number of hydrogen-bond acceptors (Lipinski definition) is 5. The van der Waals surface area contributed by atoms with E-state index in [2.05, 4.69) is 30.9 Å². The highest BCUT2D eigenvalue weighted by molar-refractivity contribution is 5.89. The smallest absolute Gasteiger partial charge is 0.319 e. The third-order valence-electron chi connectivity index (χ3n) is 4.90. The number of aryl methyl sites for hydroxylation is 1. The fraction of sp³-hybridized carbons (Fsp3) is 0.292. The van der Waals surface area contributed by atoms with Crippen molar-refractivity contribution in [2.75, 3.05) is 5.32 Å². The molecule has 3 amide bonds. The van der Waals surface area contributed by atoms with Gasteiger partial charge in [0.1, 0.15) is 5.82 Å². The summed E-state index contributed by atoms with van der Waals surface area (Å²) in [7, 11) is 0. The molecule has 3 aromatic rings. The number of hydrogen-bond donors (Lipinski definition) is 4. The Morgan fingerprint density at radius 1 is 1.06 bits per heavy atom. The molecule has 9 nitrogen and oxygen atoms in total. The first kappa shape index (κ1) is 23.6. The third-order valence-corrected chi connectivity index (χ3v) is 4.90. The van der Waals surface area contributed by atoms with Gasteiger partial charge < -0.3 is 20.9 Å². The summed E-state index contributed by atoms with van der Waals surface area (Å²) >= 11 is 0. The molecule has 0 atom stereocenters. The number of nitrogens with one attached hydrogen (secondary N) is 4. The summed E-state index contributed by atoms with van der Waals surface area (Å²) in [5, 5.41) is 8.36. The fourth-order valence-corrected chi connectivity index (χ4v) is 3.21. The first-order valence-electron chi connectivity index (χ1n) is 10.7. The normalized spacial score (nSPS) is 10.7. The van der Waals surface area contributed by atoms with Gasteiger partial charge in [-0.05, 0) is 57.0 Å². The minimum absolute atomic E-state index is 0.0500. The number of carbonyl (C=O) groups is 2. The second kappa shape index (κ2) is 11.0. The van der Waals surface area contributed by atoms with Crippen LogP contribution in [-0.4, -0.2) is 32.9 Å². The van der Waals surface area contributed by atoms with Crippen molar-refractivity contribution in [1.82, 2.24) is 25.6 Å². The molecule has 9 heteroatoms. The Hall–Kier alpha value is -4.01. The van der Waals surface area contributed by atoms with E-state index in [0.717, 1.165) is 11.1 Å². The molecule has 0 spiro atoms. The Bertz CT molecular complexity index is 1160. The van der Waals surface area contributed by atoms with Crippen molar-refractivity contribution < 1.29 is 9.59 Å². The second-order valence-electron chi connectivity index (χ2n) is 7.94. The van der Waals surface area contributed by atoms with E-state index in [1.165, 1.54) is 0 Å². The maximum Gasteiger partial charge on any atom is 0.319 e. The molecule has 0 unspecified atom stereocenters. The van der Waals surface area contributed by atoms with E-state index in [9.17, 15) is 14.4 Å². The minimum atomic E-state index is -0.264. The van der Waals surface area contributed by atoms with Gasteiger partial charge in [0, 0.05) is 53.9 Å². The van der Waals surface area contributed by atoms with Gasteiger partial charge in [0.2, 0.25) is 5.91 Å². The molecule has 0 aliphatic heterocycles. The van der Waals surface area contributed by atoms with Gasteiger partial charge in [-0.1, -0.05) is 12.1 Å². The van der Waals surface area contributed by atoms with E-state index in [1.807, 2.05) is 26.0 Å². The maximum atomic E-state index is 12.5. The van der Waals surface area contributed by atoms with Gasteiger partial charge in [0.05, 0.1) is 0 Å². The monoisotopic (exact) mass is 448 g/mol. The van der Waals surface area contributed by atoms with Gasteiger partial charge in [-0.25, -0.2) is 9.78 Å². The molecule has 33 heavy (non-hydrogen) atoms. The molecule has 2 aromatic heterocycles. The Morgan fingerprint density at radius 3 is 2.39 bits per heavy atom. The van der Waals surface area contributed by atoms with Crippen LogP contribution in [0.2, 0.25) is 0 Å². The molecule has 2 heterocycles. The van der Waals surface area contributed by atoms with Crippen LogP contribution in [0.4, 0.5) is 10.5 Å². The Labute approximate surface area is 192 Å². The van der Waals surface area contributed by atoms with E-state index < -0.39 is 0 Å². The number of pyridine rings is 1. The molecular formula is C24H28N6O3. The molecule has 1 aromatic carbocycles. The Kier molecular flexibility index (Phi) is 7.91. The number of urea groups is 1. The molecule has 0 saturated heterocycles. The molecule has 0 radical (unpaired) electrons. The summed E-state index contributed by atoms with van der Waals surface area (Å²) in [6.45, 7) is 5.89. The van der Waals surface area contributed by atoms with E-state index in [-0.39, 0.29) is 30.0 Å². The number of anilines is 1. The highest BCUT2D eigenvalue weighted by Crippen LogP contribution is 2.14. The minimum Gasteiger partial charge on any atom is -0.352 e. The number of aromatic nitrogens is 3. The van der Waals surface area contributed by atoms with Crippen LogP contribution in [0, 0.1) is 6.92 Å². The number of rotatable bonds is 8. The average Bonchev–Trinajstić information content (AvgIpc) is 2.78. The zero-order chi connectivity index (χ0) is 23.8. The van der Waals surface area contributed by atoms with Gasteiger partial charge in [-0.2, -0.15) is 0 Å². The largest absolute Gasteiger partial charge is 0.352 e. The predicted octanol–water partition coefficient (Wildman–Crippen LogP) is 2.92. The summed E-state index contributed by atoms with van der Waals surface area (Å²) in [5.74, 6) is 0.318. The molecular weight excluding hydrogens is 420 g/mol. The quantitative estimate of drug-likeness (QED) is 0.421. The zero-order valence-electron chi connectivity index (χ0n) is 18.9. The first-order valence-corrected chi connectivity index (χ1v) is 10.7. The highest BCUT2D eigenvalue weighted by Gasteiger charge is 2.12. The number of benzene rings is 1. The lowest BCUT2D eigenvalue weighted by Crippen LogP contribution is -2.34. The van der Waals surface area contributed by atoms with Crippen molar-refractivity contribution in [2.24, 2.45) is 0 Å². The molecule has 172 valence electrons. The topological polar surface area (TPSA) is 129 Å². The summed E-state index contributed by atoms with van der Waals surface area (Å²) < 4.78 is 0. The third kappa shape index (κ3) is 6.99. The number of amides is 3. The van der Waals surface area contributed by atoms with Crippen LogP contribution in [0.3, 0.4) is 0 Å². The van der Waals surface area contributed by atoms with Crippen molar-refractivity contribution in [2.45, 2.75) is 46.2 Å². The van der Waals surface area contributed by atoms with Crippen LogP contribution in [-0.2, 0) is 17.8 Å². The molecule has 0 fully saturated rings. The van der Waals surface area contributed by atoms with Crippen molar-refractivity contribution in [3.05, 3.63) is 76.0 Å². The zero-order valence-corrected chi connectivity index (χ0v) is 18.9. The van der Waals surface area contributed by atoms with Crippen LogP contribution in [0.1, 0.15) is 37.1 Å². The van der Waals surface area contributed by atoms with Crippen LogP contribution in [0.15, 0.2) is 53.6 Å². The van der Waals surface area contributed by atoms with Gasteiger partial charge >= 0.3 is 6.03 Å². The lowest BCUT2D eigenvalue weighted by molar-refractivity contribution is -0.121. The van der Waals surface area contributed by atoms with Crippen molar-refractivity contribution >= 4 is 17.6 Å². The van der Waals surface area contributed by atoms with Crippen molar-refractivity contribution in [3.63, 3.8) is 0 Å². The van der Waals surface area contributed by atoms with E-state index in [1.54, 1.807) is 43.6 Å². The molecule has 0 saturated carbocycles. The summed E-state index contributed by atoms with van der Waals surface area (Å²) in [6.07, 6.45) is 3.74. The standard InChI is InChI=1S/C24H28N6O3/c1-15(2)27-24(33)29-19-6-4-17(5-7-19)14-26-21(31)9-8-20-16(3)28-22(30-23(20)32)18-10-12-25-13-11-18/h4-7,10-13,15H,8-9,14H2,1-3H3,(H,26,31)(H2,27,29,33)(H,28,30,32). The lowest BCUT2D eigenvalue weighted by Gasteiger charge is -2.11. The van der Waals surface area contributed by atoms with E-state index in [4.69, 9.17) is 0 Å².